The van der Waals surface area contributed by atoms with E-state index in [9.17, 15) is 0 Å². The number of rotatable bonds is 5. The highest BCUT2D eigenvalue weighted by Gasteiger charge is 2.36. The standard InChI is InChI=1S/C20H32P2/c1-3-9-17-11-7-15-21(17)19-13-5-6-14-20(19)22-16-8-12-18(22)10-4-2/h3,9,13-14,17-18H,4-8,10-12,15-16H2,1-2H3/b9-3+/t17-,18-,21?,22?/m1/s1. The van der Waals surface area contributed by atoms with Crippen LogP contribution in [-0.2, 0) is 0 Å². The van der Waals surface area contributed by atoms with E-state index in [4.69, 9.17) is 0 Å². The lowest BCUT2D eigenvalue weighted by atomic mass is 10.2. The fourth-order valence-corrected chi connectivity index (χ4v) is 11.7. The smallest absolute Gasteiger partial charge is 0.00107 e. The van der Waals surface area contributed by atoms with Crippen LogP contribution in [0.25, 0.3) is 0 Å². The lowest BCUT2D eigenvalue weighted by Gasteiger charge is -2.32. The van der Waals surface area contributed by atoms with Gasteiger partial charge in [0, 0.05) is 5.66 Å². The molecule has 0 aromatic heterocycles. The fraction of sp³-hybridized carbons (Fsp3) is 0.700. The molecular weight excluding hydrogens is 302 g/mol. The highest BCUT2D eigenvalue weighted by atomic mass is 31.1. The Morgan fingerprint density at radius 1 is 1.05 bits per heavy atom. The molecule has 2 fully saturated rings. The Labute approximate surface area is 140 Å². The first kappa shape index (κ1) is 16.9. The minimum atomic E-state index is 0.106. The zero-order chi connectivity index (χ0) is 15.4. The van der Waals surface area contributed by atoms with Gasteiger partial charge in [-0.15, -0.1) is 0 Å². The summed E-state index contributed by atoms with van der Waals surface area (Å²) >= 11 is 0. The van der Waals surface area contributed by atoms with E-state index in [1.165, 1.54) is 63.7 Å². The summed E-state index contributed by atoms with van der Waals surface area (Å²) in [5.74, 6) is 0. The van der Waals surface area contributed by atoms with E-state index in [1.54, 1.807) is 0 Å². The monoisotopic (exact) mass is 334 g/mol. The van der Waals surface area contributed by atoms with Crippen LogP contribution in [0.3, 0.4) is 0 Å². The van der Waals surface area contributed by atoms with Crippen molar-refractivity contribution in [1.82, 2.24) is 0 Å². The molecule has 0 amide bonds. The zero-order valence-electron chi connectivity index (χ0n) is 14.4. The molecule has 0 aromatic rings. The fourth-order valence-electron chi connectivity index (χ4n) is 4.48. The molecule has 2 saturated heterocycles. The van der Waals surface area contributed by atoms with Crippen LogP contribution in [0.5, 0.6) is 0 Å². The minimum Gasteiger partial charge on any atom is -0.0910 e. The quantitative estimate of drug-likeness (QED) is 0.368. The maximum atomic E-state index is 2.68. The Morgan fingerprint density at radius 3 is 2.45 bits per heavy atom. The molecule has 122 valence electrons. The van der Waals surface area contributed by atoms with Crippen LogP contribution >= 0.6 is 15.8 Å². The molecule has 1 aliphatic carbocycles. The Bertz CT molecular complexity index is 460. The van der Waals surface area contributed by atoms with E-state index in [2.05, 4.69) is 38.2 Å². The molecule has 0 saturated carbocycles. The summed E-state index contributed by atoms with van der Waals surface area (Å²) in [5, 5.41) is 3.76. The molecule has 3 aliphatic rings. The average molecular weight is 334 g/mol. The Balaban J connectivity index is 1.80. The van der Waals surface area contributed by atoms with Gasteiger partial charge < -0.3 is 0 Å². The molecule has 0 bridgehead atoms. The summed E-state index contributed by atoms with van der Waals surface area (Å²) in [6.07, 6.45) is 24.6. The summed E-state index contributed by atoms with van der Waals surface area (Å²) in [7, 11) is 0.274. The number of hydrogen-bond donors (Lipinski definition) is 0. The van der Waals surface area contributed by atoms with Gasteiger partial charge >= 0.3 is 0 Å². The minimum absolute atomic E-state index is 0.106. The van der Waals surface area contributed by atoms with E-state index in [0.717, 1.165) is 11.3 Å². The van der Waals surface area contributed by atoms with Crippen molar-refractivity contribution in [1.29, 1.82) is 0 Å². The first-order chi connectivity index (χ1) is 10.8. The van der Waals surface area contributed by atoms with Crippen LogP contribution < -0.4 is 0 Å². The SMILES string of the molecule is C/C=C/[C@@H]1CCCP1C1=CCCC=C1P1CCC[C@H]1CCC. The molecule has 0 radical (unpaired) electrons. The second-order valence-corrected chi connectivity index (χ2v) is 12.1. The third-order valence-corrected chi connectivity index (χ3v) is 11.9. The van der Waals surface area contributed by atoms with Crippen molar-refractivity contribution in [3.05, 3.63) is 34.9 Å². The highest BCUT2D eigenvalue weighted by Crippen LogP contribution is 2.69. The van der Waals surface area contributed by atoms with E-state index in [1.807, 2.05) is 10.6 Å². The summed E-state index contributed by atoms with van der Waals surface area (Å²) in [6.45, 7) is 4.58. The van der Waals surface area contributed by atoms with Gasteiger partial charge in [-0.1, -0.05) is 53.5 Å². The molecule has 2 heteroatoms. The van der Waals surface area contributed by atoms with Crippen molar-refractivity contribution in [3.8, 4) is 0 Å². The van der Waals surface area contributed by atoms with E-state index in [-0.39, 0.29) is 15.8 Å². The second-order valence-electron chi connectivity index (χ2n) is 6.96. The van der Waals surface area contributed by atoms with Crippen LogP contribution in [0.2, 0.25) is 0 Å². The summed E-state index contributed by atoms with van der Waals surface area (Å²) < 4.78 is 0. The highest BCUT2D eigenvalue weighted by molar-refractivity contribution is 7.69. The number of hydrogen-bond acceptors (Lipinski definition) is 0. The van der Waals surface area contributed by atoms with Crippen molar-refractivity contribution >= 4 is 15.8 Å². The molecular formula is C20H32P2. The second kappa shape index (κ2) is 8.26. The molecule has 3 rings (SSSR count). The van der Waals surface area contributed by atoms with E-state index < -0.39 is 0 Å². The summed E-state index contributed by atoms with van der Waals surface area (Å²) in [4.78, 5) is 0. The lowest BCUT2D eigenvalue weighted by molar-refractivity contribution is 0.698. The van der Waals surface area contributed by atoms with Gasteiger partial charge in [0.2, 0.25) is 0 Å². The van der Waals surface area contributed by atoms with Gasteiger partial charge in [0.05, 0.1) is 0 Å². The Hall–Kier alpha value is 0.0800. The van der Waals surface area contributed by atoms with Crippen molar-refractivity contribution in [2.24, 2.45) is 0 Å². The van der Waals surface area contributed by atoms with Crippen molar-refractivity contribution in [3.63, 3.8) is 0 Å². The van der Waals surface area contributed by atoms with Gasteiger partial charge in [-0.3, -0.25) is 0 Å². The summed E-state index contributed by atoms with van der Waals surface area (Å²) in [5.41, 5.74) is 1.93. The Morgan fingerprint density at radius 2 is 1.73 bits per heavy atom. The van der Waals surface area contributed by atoms with Crippen molar-refractivity contribution < 1.29 is 0 Å². The molecule has 2 heterocycles. The first-order valence-corrected chi connectivity index (χ1v) is 12.6. The average Bonchev–Trinajstić information content (AvgIpc) is 3.17. The van der Waals surface area contributed by atoms with Gasteiger partial charge in [-0.05, 0) is 80.5 Å². The topological polar surface area (TPSA) is 0 Å². The predicted molar refractivity (Wildman–Crippen MR) is 105 cm³/mol. The van der Waals surface area contributed by atoms with Crippen LogP contribution in [-0.4, -0.2) is 23.6 Å². The van der Waals surface area contributed by atoms with Gasteiger partial charge in [0.15, 0.2) is 0 Å². The maximum absolute atomic E-state index is 2.68. The molecule has 2 aliphatic heterocycles. The lowest BCUT2D eigenvalue weighted by Crippen LogP contribution is -2.06. The van der Waals surface area contributed by atoms with Crippen LogP contribution in [0.1, 0.15) is 65.2 Å². The first-order valence-electron chi connectivity index (χ1n) is 9.42. The van der Waals surface area contributed by atoms with E-state index >= 15 is 0 Å². The van der Waals surface area contributed by atoms with Crippen LogP contribution in [0, 0.1) is 0 Å². The molecule has 2 unspecified atom stereocenters. The molecule has 0 nitrogen and oxygen atoms in total. The predicted octanol–water partition coefficient (Wildman–Crippen LogP) is 7.21. The summed E-state index contributed by atoms with van der Waals surface area (Å²) in [6, 6.07) is 0. The van der Waals surface area contributed by atoms with Gasteiger partial charge in [0.25, 0.3) is 0 Å². The van der Waals surface area contributed by atoms with Crippen LogP contribution in [0.15, 0.2) is 34.9 Å². The van der Waals surface area contributed by atoms with Crippen molar-refractivity contribution in [2.75, 3.05) is 12.3 Å². The Kier molecular flexibility index (Phi) is 6.35. The normalized spacial score (nSPS) is 35.9. The van der Waals surface area contributed by atoms with Gasteiger partial charge in [-0.2, -0.15) is 0 Å². The van der Waals surface area contributed by atoms with Crippen molar-refractivity contribution in [2.45, 2.75) is 76.5 Å². The zero-order valence-corrected chi connectivity index (χ0v) is 16.2. The third-order valence-electron chi connectivity index (χ3n) is 5.44. The van der Waals surface area contributed by atoms with E-state index in [0.29, 0.717) is 0 Å². The largest absolute Gasteiger partial charge is 0.0910 e. The van der Waals surface area contributed by atoms with Gasteiger partial charge in [-0.25, -0.2) is 0 Å². The molecule has 0 N–H and O–H groups in total. The third kappa shape index (κ3) is 3.60. The van der Waals surface area contributed by atoms with Gasteiger partial charge in [0.1, 0.15) is 0 Å². The molecule has 0 aromatic carbocycles. The molecule has 22 heavy (non-hydrogen) atoms. The van der Waals surface area contributed by atoms with Crippen LogP contribution in [0.4, 0.5) is 0 Å². The molecule has 4 atom stereocenters. The maximum Gasteiger partial charge on any atom is 0.00107 e. The number of allylic oxidation sites excluding steroid dienone is 6. The molecule has 0 spiro atoms.